The summed E-state index contributed by atoms with van der Waals surface area (Å²) < 4.78 is 10.5. The second kappa shape index (κ2) is 7.06. The number of anilines is 1. The largest absolute Gasteiger partial charge is 0.496 e. The van der Waals surface area contributed by atoms with Crippen LogP contribution >= 0.6 is 0 Å². The number of ether oxygens (including phenoxy) is 2. The smallest absolute Gasteiger partial charge is 0.341 e. The van der Waals surface area contributed by atoms with E-state index in [1.807, 2.05) is 20.8 Å². The Hall–Kier alpha value is -2.37. The van der Waals surface area contributed by atoms with E-state index in [0.29, 0.717) is 29.4 Å². The second-order valence-corrected chi connectivity index (χ2v) is 5.24. The molecular weight excluding hydrogens is 282 g/mol. The lowest BCUT2D eigenvalue weighted by molar-refractivity contribution is 0.0501. The van der Waals surface area contributed by atoms with E-state index >= 15 is 0 Å². The summed E-state index contributed by atoms with van der Waals surface area (Å²) in [6, 6.07) is 3.67. The van der Waals surface area contributed by atoms with Crippen LogP contribution in [0.15, 0.2) is 18.3 Å². The summed E-state index contributed by atoms with van der Waals surface area (Å²) in [6.07, 6.45) is 2.46. The molecule has 6 heteroatoms. The molecule has 0 amide bonds. The quantitative estimate of drug-likeness (QED) is 0.827. The zero-order valence-electron chi connectivity index (χ0n) is 13.3. The van der Waals surface area contributed by atoms with Crippen LogP contribution in [0.4, 0.5) is 5.95 Å². The lowest BCUT2D eigenvalue weighted by Gasteiger charge is -2.11. The summed E-state index contributed by atoms with van der Waals surface area (Å²) in [4.78, 5) is 20.8. The molecule has 0 saturated heterocycles. The van der Waals surface area contributed by atoms with E-state index in [1.54, 1.807) is 18.3 Å². The van der Waals surface area contributed by atoms with Crippen LogP contribution < -0.4 is 10.1 Å². The molecule has 0 aliphatic rings. The molecule has 0 bridgehead atoms. The maximum atomic E-state index is 12.1. The Balaban J connectivity index is 2.41. The minimum absolute atomic E-state index is 0.239. The van der Waals surface area contributed by atoms with E-state index in [9.17, 15) is 4.79 Å². The van der Waals surface area contributed by atoms with E-state index < -0.39 is 5.97 Å². The number of esters is 1. The highest BCUT2D eigenvalue weighted by atomic mass is 16.5. The molecule has 0 atom stereocenters. The van der Waals surface area contributed by atoms with Gasteiger partial charge in [0.2, 0.25) is 5.95 Å². The normalized spacial score (nSPS) is 10.8. The second-order valence-electron chi connectivity index (χ2n) is 5.24. The van der Waals surface area contributed by atoms with Crippen molar-refractivity contribution < 1.29 is 14.3 Å². The first-order chi connectivity index (χ1) is 10.5. The van der Waals surface area contributed by atoms with Gasteiger partial charge in [0.15, 0.2) is 0 Å². The first-order valence-corrected chi connectivity index (χ1v) is 7.33. The molecule has 0 radical (unpaired) electrons. The van der Waals surface area contributed by atoms with Gasteiger partial charge in [-0.3, -0.25) is 0 Å². The lowest BCUT2D eigenvalue weighted by atomic mass is 10.1. The molecule has 118 valence electrons. The van der Waals surface area contributed by atoms with Crippen LogP contribution in [0.1, 0.15) is 37.6 Å². The number of nitrogens with zero attached hydrogens (tertiary/aromatic N) is 2. The molecule has 0 unspecified atom stereocenters. The van der Waals surface area contributed by atoms with Gasteiger partial charge >= 0.3 is 5.97 Å². The van der Waals surface area contributed by atoms with Crippen molar-refractivity contribution in [2.24, 2.45) is 0 Å². The molecule has 1 aromatic heterocycles. The van der Waals surface area contributed by atoms with E-state index in [2.05, 4.69) is 15.3 Å². The van der Waals surface area contributed by atoms with Crippen LogP contribution in [0.25, 0.3) is 10.9 Å². The van der Waals surface area contributed by atoms with Crippen molar-refractivity contribution in [1.82, 2.24) is 9.97 Å². The SMILES string of the molecule is CCCOC(=O)c1cc2cnc(NC(C)C)nc2cc1OC. The van der Waals surface area contributed by atoms with Gasteiger partial charge in [-0.1, -0.05) is 6.92 Å². The number of benzene rings is 1. The number of rotatable bonds is 6. The van der Waals surface area contributed by atoms with Crippen molar-refractivity contribution in [3.05, 3.63) is 23.9 Å². The van der Waals surface area contributed by atoms with Gasteiger partial charge in [-0.2, -0.15) is 0 Å². The number of carbonyl (C=O) groups is 1. The number of methoxy groups -OCH3 is 1. The first-order valence-electron chi connectivity index (χ1n) is 7.33. The van der Waals surface area contributed by atoms with E-state index in [1.165, 1.54) is 7.11 Å². The minimum Gasteiger partial charge on any atom is -0.496 e. The van der Waals surface area contributed by atoms with Crippen molar-refractivity contribution >= 4 is 22.8 Å². The number of hydrogen-bond donors (Lipinski definition) is 1. The molecule has 1 N–H and O–H groups in total. The molecule has 0 spiro atoms. The van der Waals surface area contributed by atoms with Crippen molar-refractivity contribution in [2.45, 2.75) is 33.2 Å². The number of nitrogens with one attached hydrogen (secondary N) is 1. The average molecular weight is 303 g/mol. The summed E-state index contributed by atoms with van der Waals surface area (Å²) in [5.74, 6) is 0.596. The van der Waals surface area contributed by atoms with Crippen molar-refractivity contribution in [3.8, 4) is 5.75 Å². The Morgan fingerprint density at radius 3 is 2.77 bits per heavy atom. The standard InChI is InChI=1S/C16H21N3O3/c1-5-6-22-15(20)12-7-11-9-17-16(18-10(2)3)19-13(11)8-14(12)21-4/h7-10H,5-6H2,1-4H3,(H,17,18,19). The van der Waals surface area contributed by atoms with E-state index in [0.717, 1.165) is 11.8 Å². The molecule has 2 aromatic rings. The van der Waals surface area contributed by atoms with Crippen molar-refractivity contribution in [1.29, 1.82) is 0 Å². The fourth-order valence-corrected chi connectivity index (χ4v) is 1.99. The number of carbonyl (C=O) groups excluding carboxylic acids is 1. The van der Waals surface area contributed by atoms with Gasteiger partial charge in [-0.15, -0.1) is 0 Å². The van der Waals surface area contributed by atoms with Gasteiger partial charge in [-0.05, 0) is 26.3 Å². The van der Waals surface area contributed by atoms with Gasteiger partial charge in [0.1, 0.15) is 11.3 Å². The highest BCUT2D eigenvalue weighted by molar-refractivity contribution is 5.97. The summed E-state index contributed by atoms with van der Waals surface area (Å²) in [7, 11) is 1.52. The lowest BCUT2D eigenvalue weighted by Crippen LogP contribution is -2.12. The molecule has 1 heterocycles. The topological polar surface area (TPSA) is 73.3 Å². The Kier molecular flexibility index (Phi) is 5.14. The van der Waals surface area contributed by atoms with Gasteiger partial charge in [0, 0.05) is 23.7 Å². The average Bonchev–Trinajstić information content (AvgIpc) is 2.50. The minimum atomic E-state index is -0.398. The van der Waals surface area contributed by atoms with Gasteiger partial charge < -0.3 is 14.8 Å². The predicted octanol–water partition coefficient (Wildman–Crippen LogP) is 3.03. The Bertz CT molecular complexity index is 671. The van der Waals surface area contributed by atoms with Crippen LogP contribution in [0.3, 0.4) is 0 Å². The van der Waals surface area contributed by atoms with Crippen LogP contribution in [-0.4, -0.2) is 35.7 Å². The van der Waals surface area contributed by atoms with Crippen LogP contribution in [0.5, 0.6) is 5.75 Å². The monoisotopic (exact) mass is 303 g/mol. The molecule has 1 aromatic carbocycles. The third-order valence-electron chi connectivity index (χ3n) is 2.98. The molecule has 2 rings (SSSR count). The maximum Gasteiger partial charge on any atom is 0.341 e. The van der Waals surface area contributed by atoms with Crippen molar-refractivity contribution in [3.63, 3.8) is 0 Å². The summed E-state index contributed by atoms with van der Waals surface area (Å²) in [6.45, 7) is 6.36. The van der Waals surface area contributed by atoms with Crippen LogP contribution in [0.2, 0.25) is 0 Å². The van der Waals surface area contributed by atoms with Crippen molar-refractivity contribution in [2.75, 3.05) is 19.0 Å². The predicted molar refractivity (Wildman–Crippen MR) is 85.4 cm³/mol. The zero-order valence-corrected chi connectivity index (χ0v) is 13.3. The molecule has 0 fully saturated rings. The number of fused-ring (bicyclic) bond motifs is 1. The molecular formula is C16H21N3O3. The Morgan fingerprint density at radius 2 is 2.14 bits per heavy atom. The molecule has 0 saturated carbocycles. The maximum absolute atomic E-state index is 12.1. The number of hydrogen-bond acceptors (Lipinski definition) is 6. The summed E-state index contributed by atoms with van der Waals surface area (Å²) >= 11 is 0. The Morgan fingerprint density at radius 1 is 1.36 bits per heavy atom. The fraction of sp³-hybridized carbons (Fsp3) is 0.438. The molecule has 0 aliphatic carbocycles. The van der Waals surface area contributed by atoms with E-state index in [-0.39, 0.29) is 6.04 Å². The highest BCUT2D eigenvalue weighted by Gasteiger charge is 2.16. The molecule has 6 nitrogen and oxygen atoms in total. The van der Waals surface area contributed by atoms with Gasteiger partial charge in [-0.25, -0.2) is 14.8 Å². The van der Waals surface area contributed by atoms with Crippen LogP contribution in [-0.2, 0) is 4.74 Å². The molecule has 0 aliphatic heterocycles. The highest BCUT2D eigenvalue weighted by Crippen LogP contribution is 2.26. The zero-order chi connectivity index (χ0) is 16.1. The van der Waals surface area contributed by atoms with Gasteiger partial charge in [0.25, 0.3) is 0 Å². The van der Waals surface area contributed by atoms with E-state index in [4.69, 9.17) is 9.47 Å². The van der Waals surface area contributed by atoms with Crippen LogP contribution in [0, 0.1) is 0 Å². The fourth-order valence-electron chi connectivity index (χ4n) is 1.99. The Labute approximate surface area is 129 Å². The molecule has 22 heavy (non-hydrogen) atoms. The summed E-state index contributed by atoms with van der Waals surface area (Å²) in [5, 5.41) is 3.91. The third kappa shape index (κ3) is 3.63. The number of aromatic nitrogens is 2. The summed E-state index contributed by atoms with van der Waals surface area (Å²) in [5.41, 5.74) is 1.10. The van der Waals surface area contributed by atoms with Gasteiger partial charge in [0.05, 0.1) is 19.2 Å². The third-order valence-corrected chi connectivity index (χ3v) is 2.98. The first kappa shape index (κ1) is 16.0.